The number of esters is 1. The van der Waals surface area contributed by atoms with Gasteiger partial charge >= 0.3 is 5.97 Å². The normalized spacial score (nSPS) is 11.2. The van der Waals surface area contributed by atoms with E-state index >= 15 is 0 Å². The molecule has 0 aliphatic heterocycles. The molecule has 0 aliphatic carbocycles. The van der Waals surface area contributed by atoms with Crippen molar-refractivity contribution in [1.82, 2.24) is 10.2 Å². The Balaban J connectivity index is 2.58. The average molecular weight is 248 g/mol. The minimum Gasteiger partial charge on any atom is -0.465 e. The highest BCUT2D eigenvalue weighted by Gasteiger charge is 2.12. The third-order valence-corrected chi connectivity index (χ3v) is 2.61. The quantitative estimate of drug-likeness (QED) is 0.647. The fraction of sp³-hybridized carbons (Fsp3) is 0.167. The second kappa shape index (κ2) is 5.05. The van der Waals surface area contributed by atoms with Crippen molar-refractivity contribution in [1.29, 1.82) is 0 Å². The number of rotatable bonds is 3. The summed E-state index contributed by atoms with van der Waals surface area (Å²) in [5.74, 6) is 0.284. The van der Waals surface area contributed by atoms with Gasteiger partial charge in [0, 0.05) is 11.1 Å². The SMILES string of the molecule is COC(=O)c1cc(C=CCS)cc2[nH]ncc12. The molecule has 0 amide bonds. The maximum absolute atomic E-state index is 11.6. The fourth-order valence-electron chi connectivity index (χ4n) is 1.64. The molecule has 4 nitrogen and oxygen atoms in total. The van der Waals surface area contributed by atoms with Crippen molar-refractivity contribution < 1.29 is 9.53 Å². The third-order valence-electron chi connectivity index (χ3n) is 2.40. The number of H-pyrrole nitrogens is 1. The van der Waals surface area contributed by atoms with Crippen LogP contribution < -0.4 is 0 Å². The summed E-state index contributed by atoms with van der Waals surface area (Å²) in [4.78, 5) is 11.6. The lowest BCUT2D eigenvalue weighted by Gasteiger charge is -2.02. The summed E-state index contributed by atoms with van der Waals surface area (Å²) >= 11 is 4.10. The van der Waals surface area contributed by atoms with Crippen LogP contribution in [0, 0.1) is 0 Å². The number of hydrogen-bond acceptors (Lipinski definition) is 4. The Morgan fingerprint density at radius 3 is 3.12 bits per heavy atom. The van der Waals surface area contributed by atoms with Crippen molar-refractivity contribution in [3.05, 3.63) is 35.5 Å². The number of aromatic nitrogens is 2. The maximum Gasteiger partial charge on any atom is 0.338 e. The van der Waals surface area contributed by atoms with Crippen LogP contribution >= 0.6 is 12.6 Å². The number of carbonyl (C=O) groups is 1. The van der Waals surface area contributed by atoms with Crippen LogP contribution in [0.15, 0.2) is 24.4 Å². The summed E-state index contributed by atoms with van der Waals surface area (Å²) in [6.07, 6.45) is 5.43. The number of fused-ring (bicyclic) bond motifs is 1. The second-order valence-electron chi connectivity index (χ2n) is 3.48. The van der Waals surface area contributed by atoms with E-state index < -0.39 is 0 Å². The Kier molecular flexibility index (Phi) is 3.49. The average Bonchev–Trinajstić information content (AvgIpc) is 2.82. The van der Waals surface area contributed by atoms with E-state index in [0.29, 0.717) is 11.3 Å². The summed E-state index contributed by atoms with van der Waals surface area (Å²) in [5.41, 5.74) is 2.24. The molecule has 0 saturated heterocycles. The van der Waals surface area contributed by atoms with Gasteiger partial charge in [-0.2, -0.15) is 17.7 Å². The lowest BCUT2D eigenvalue weighted by atomic mass is 10.1. The van der Waals surface area contributed by atoms with Gasteiger partial charge in [-0.15, -0.1) is 0 Å². The van der Waals surface area contributed by atoms with E-state index in [1.165, 1.54) is 7.11 Å². The number of hydrogen-bond donors (Lipinski definition) is 2. The first-order valence-corrected chi connectivity index (χ1v) is 5.72. The van der Waals surface area contributed by atoms with Crippen molar-refractivity contribution in [2.24, 2.45) is 0 Å². The summed E-state index contributed by atoms with van der Waals surface area (Å²) in [6.45, 7) is 0. The summed E-state index contributed by atoms with van der Waals surface area (Å²) < 4.78 is 4.75. The molecule has 0 radical (unpaired) electrons. The van der Waals surface area contributed by atoms with Crippen LogP contribution in [0.5, 0.6) is 0 Å². The van der Waals surface area contributed by atoms with Gasteiger partial charge in [0.05, 0.1) is 24.4 Å². The molecular formula is C12H12N2O2S. The summed E-state index contributed by atoms with van der Waals surface area (Å²) in [7, 11) is 1.37. The van der Waals surface area contributed by atoms with E-state index in [4.69, 9.17) is 4.74 Å². The van der Waals surface area contributed by atoms with Gasteiger partial charge in [-0.05, 0) is 17.7 Å². The minimum atomic E-state index is -0.363. The molecule has 0 fully saturated rings. The molecular weight excluding hydrogens is 236 g/mol. The molecule has 0 unspecified atom stereocenters. The smallest absolute Gasteiger partial charge is 0.338 e. The number of nitrogens with zero attached hydrogens (tertiary/aromatic N) is 1. The highest BCUT2D eigenvalue weighted by atomic mass is 32.1. The van der Waals surface area contributed by atoms with Gasteiger partial charge in [-0.3, -0.25) is 5.10 Å². The predicted molar refractivity (Wildman–Crippen MR) is 70.3 cm³/mol. The van der Waals surface area contributed by atoms with Gasteiger partial charge in [0.1, 0.15) is 0 Å². The van der Waals surface area contributed by atoms with Crippen molar-refractivity contribution in [2.75, 3.05) is 12.9 Å². The molecule has 17 heavy (non-hydrogen) atoms. The van der Waals surface area contributed by atoms with Crippen molar-refractivity contribution in [2.45, 2.75) is 0 Å². The first-order valence-electron chi connectivity index (χ1n) is 5.09. The lowest BCUT2D eigenvalue weighted by molar-refractivity contribution is 0.0603. The molecule has 1 aromatic heterocycles. The van der Waals surface area contributed by atoms with Crippen molar-refractivity contribution >= 4 is 35.6 Å². The number of nitrogens with one attached hydrogen (secondary N) is 1. The lowest BCUT2D eigenvalue weighted by Crippen LogP contribution is -2.02. The topological polar surface area (TPSA) is 55.0 Å². The third kappa shape index (κ3) is 2.34. The van der Waals surface area contributed by atoms with Gasteiger partial charge in [0.15, 0.2) is 0 Å². The molecule has 0 saturated carbocycles. The van der Waals surface area contributed by atoms with E-state index in [2.05, 4.69) is 22.8 Å². The Bertz CT molecular complexity index is 575. The number of thiol groups is 1. The molecule has 88 valence electrons. The van der Waals surface area contributed by atoms with Crippen LogP contribution in [0.3, 0.4) is 0 Å². The zero-order valence-corrected chi connectivity index (χ0v) is 10.2. The minimum absolute atomic E-state index is 0.363. The molecule has 0 atom stereocenters. The second-order valence-corrected chi connectivity index (χ2v) is 3.84. The molecule has 0 aliphatic rings. The standard InChI is InChI=1S/C12H12N2O2S/c1-16-12(15)9-5-8(3-2-4-17)6-11-10(9)7-13-14-11/h2-3,5-7,17H,4H2,1H3,(H,13,14). The van der Waals surface area contributed by atoms with E-state index in [1.54, 1.807) is 12.3 Å². The van der Waals surface area contributed by atoms with Gasteiger partial charge in [0.25, 0.3) is 0 Å². The molecule has 1 N–H and O–H groups in total. The van der Waals surface area contributed by atoms with Crippen molar-refractivity contribution in [3.8, 4) is 0 Å². The monoisotopic (exact) mass is 248 g/mol. The number of aromatic amines is 1. The Morgan fingerprint density at radius 1 is 1.59 bits per heavy atom. The van der Waals surface area contributed by atoms with Crippen LogP contribution in [0.4, 0.5) is 0 Å². The molecule has 2 aromatic rings. The number of methoxy groups -OCH3 is 1. The van der Waals surface area contributed by atoms with Gasteiger partial charge in [0.2, 0.25) is 0 Å². The first kappa shape index (κ1) is 11.7. The largest absolute Gasteiger partial charge is 0.465 e. The van der Waals surface area contributed by atoms with Gasteiger partial charge in [-0.25, -0.2) is 4.79 Å². The summed E-state index contributed by atoms with van der Waals surface area (Å²) in [6, 6.07) is 3.71. The molecule has 0 spiro atoms. The molecule has 2 rings (SSSR count). The van der Waals surface area contributed by atoms with Crippen molar-refractivity contribution in [3.63, 3.8) is 0 Å². The highest BCUT2D eigenvalue weighted by Crippen LogP contribution is 2.20. The van der Waals surface area contributed by atoms with Crippen LogP contribution in [0.2, 0.25) is 0 Å². The van der Waals surface area contributed by atoms with E-state index in [1.807, 2.05) is 18.2 Å². The van der Waals surface area contributed by atoms with Crippen LogP contribution in [-0.2, 0) is 4.74 Å². The zero-order chi connectivity index (χ0) is 12.3. The van der Waals surface area contributed by atoms with Gasteiger partial charge < -0.3 is 4.74 Å². The summed E-state index contributed by atoms with van der Waals surface area (Å²) in [5, 5.41) is 7.54. The number of carbonyl (C=O) groups excluding carboxylic acids is 1. The Morgan fingerprint density at radius 2 is 2.41 bits per heavy atom. The van der Waals surface area contributed by atoms with Crippen LogP contribution in [-0.4, -0.2) is 29.0 Å². The zero-order valence-electron chi connectivity index (χ0n) is 9.30. The number of benzene rings is 1. The predicted octanol–water partition coefficient (Wildman–Crippen LogP) is 2.29. The van der Waals surface area contributed by atoms with Gasteiger partial charge in [-0.1, -0.05) is 12.2 Å². The Hall–Kier alpha value is -1.75. The van der Waals surface area contributed by atoms with E-state index in [0.717, 1.165) is 16.5 Å². The first-order chi connectivity index (χ1) is 8.26. The Labute approximate surface area is 104 Å². The van der Waals surface area contributed by atoms with E-state index in [9.17, 15) is 4.79 Å². The highest BCUT2D eigenvalue weighted by molar-refractivity contribution is 7.80. The fourth-order valence-corrected chi connectivity index (χ4v) is 1.74. The molecule has 1 aromatic carbocycles. The maximum atomic E-state index is 11.6. The molecule has 5 heteroatoms. The van der Waals surface area contributed by atoms with Crippen LogP contribution in [0.1, 0.15) is 15.9 Å². The van der Waals surface area contributed by atoms with Crippen LogP contribution in [0.25, 0.3) is 17.0 Å². The molecule has 1 heterocycles. The molecule has 0 bridgehead atoms. The number of ether oxygens (including phenoxy) is 1. The van der Waals surface area contributed by atoms with E-state index in [-0.39, 0.29) is 5.97 Å².